The number of anilines is 1. The molecule has 3 nitrogen and oxygen atoms in total. The summed E-state index contributed by atoms with van der Waals surface area (Å²) >= 11 is 0. The third kappa shape index (κ3) is 1.16. The van der Waals surface area contributed by atoms with Gasteiger partial charge < -0.3 is 15.7 Å². The molecule has 2 unspecified atom stereocenters. The monoisotopic (exact) mass is 204 g/mol. The number of benzene rings is 1. The smallest absolute Gasteiger partial charge is 0.139 e. The molecule has 3 heteroatoms. The third-order valence-corrected chi connectivity index (χ3v) is 3.70. The zero-order valence-corrected chi connectivity index (χ0v) is 8.69. The van der Waals surface area contributed by atoms with Crippen LogP contribution in [-0.4, -0.2) is 23.7 Å². The van der Waals surface area contributed by atoms with Gasteiger partial charge in [0.1, 0.15) is 5.75 Å². The number of hydrogen-bond donors (Lipinski definition) is 2. The molecule has 1 aromatic carbocycles. The van der Waals surface area contributed by atoms with Gasteiger partial charge in [-0.3, -0.25) is 0 Å². The van der Waals surface area contributed by atoms with Gasteiger partial charge in [0.2, 0.25) is 0 Å². The number of fused-ring (bicyclic) bond motifs is 3. The maximum atomic E-state index is 9.91. The topological polar surface area (TPSA) is 49.5 Å². The Hall–Kier alpha value is -1.22. The molecule has 0 aliphatic carbocycles. The first kappa shape index (κ1) is 9.04. The van der Waals surface area contributed by atoms with Crippen LogP contribution in [0.25, 0.3) is 0 Å². The van der Waals surface area contributed by atoms with E-state index in [1.54, 1.807) is 6.07 Å². The van der Waals surface area contributed by atoms with E-state index in [4.69, 9.17) is 5.73 Å². The van der Waals surface area contributed by atoms with Gasteiger partial charge >= 0.3 is 0 Å². The van der Waals surface area contributed by atoms with Crippen molar-refractivity contribution >= 4 is 5.69 Å². The second-order valence-electron chi connectivity index (χ2n) is 4.52. The van der Waals surface area contributed by atoms with Crippen LogP contribution in [0.2, 0.25) is 0 Å². The van der Waals surface area contributed by atoms with Crippen molar-refractivity contribution in [1.82, 2.24) is 0 Å². The van der Waals surface area contributed by atoms with Crippen LogP contribution >= 0.6 is 0 Å². The van der Waals surface area contributed by atoms with E-state index in [0.717, 1.165) is 18.5 Å². The normalized spacial score (nSPS) is 27.9. The largest absolute Gasteiger partial charge is 0.506 e. The van der Waals surface area contributed by atoms with Crippen molar-refractivity contribution in [3.63, 3.8) is 0 Å². The molecule has 80 valence electrons. The Morgan fingerprint density at radius 2 is 2.27 bits per heavy atom. The van der Waals surface area contributed by atoms with Gasteiger partial charge in [0.15, 0.2) is 0 Å². The van der Waals surface area contributed by atoms with Crippen LogP contribution in [0.5, 0.6) is 5.75 Å². The number of nitrogens with zero attached hydrogens (tertiary/aromatic N) is 1. The van der Waals surface area contributed by atoms with E-state index in [9.17, 15) is 5.11 Å². The zero-order chi connectivity index (χ0) is 10.4. The molecule has 3 rings (SSSR count). The molecular formula is C12H16N2O. The maximum Gasteiger partial charge on any atom is 0.139 e. The zero-order valence-electron chi connectivity index (χ0n) is 8.69. The van der Waals surface area contributed by atoms with Crippen LogP contribution in [0.4, 0.5) is 5.69 Å². The molecule has 0 saturated carbocycles. The summed E-state index contributed by atoms with van der Waals surface area (Å²) in [6.07, 6.45) is 3.44. The predicted octanol–water partition coefficient (Wildman–Crippen LogP) is 1.24. The summed E-state index contributed by atoms with van der Waals surface area (Å²) in [5.41, 5.74) is 8.09. The molecule has 15 heavy (non-hydrogen) atoms. The summed E-state index contributed by atoms with van der Waals surface area (Å²) in [7, 11) is 0. The molecule has 2 heterocycles. The van der Waals surface area contributed by atoms with Crippen LogP contribution < -0.4 is 10.6 Å². The highest BCUT2D eigenvalue weighted by Gasteiger charge is 2.39. The first-order chi connectivity index (χ1) is 7.31. The van der Waals surface area contributed by atoms with E-state index in [1.807, 2.05) is 6.07 Å². The fourth-order valence-electron chi connectivity index (χ4n) is 3.05. The number of aromatic hydroxyl groups is 1. The van der Waals surface area contributed by atoms with Crippen molar-refractivity contribution < 1.29 is 5.11 Å². The number of nitrogens with two attached hydrogens (primary N) is 1. The van der Waals surface area contributed by atoms with Crippen LogP contribution in [-0.2, 0) is 6.42 Å². The number of phenols is 1. The highest BCUT2D eigenvalue weighted by molar-refractivity contribution is 5.69. The van der Waals surface area contributed by atoms with Crippen molar-refractivity contribution in [3.8, 4) is 5.75 Å². The standard InChI is InChI=1S/C12H16N2O/c13-7-10-5-4-9-6-8-2-1-3-11(15)12(8)14(9)10/h1-3,9-10,15H,4-7,13H2. The Kier molecular flexibility index (Phi) is 1.89. The molecule has 0 radical (unpaired) electrons. The molecule has 1 aromatic rings. The lowest BCUT2D eigenvalue weighted by Crippen LogP contribution is -2.37. The Morgan fingerprint density at radius 3 is 3.07 bits per heavy atom. The number of para-hydroxylation sites is 1. The van der Waals surface area contributed by atoms with E-state index in [2.05, 4.69) is 11.0 Å². The number of phenolic OH excluding ortho intramolecular Hbond substituents is 1. The Balaban J connectivity index is 2.07. The summed E-state index contributed by atoms with van der Waals surface area (Å²) in [6.45, 7) is 0.685. The molecule has 2 atom stereocenters. The van der Waals surface area contributed by atoms with Gasteiger partial charge in [0, 0.05) is 18.6 Å². The highest BCUT2D eigenvalue weighted by atomic mass is 16.3. The lowest BCUT2D eigenvalue weighted by molar-refractivity contribution is 0.473. The van der Waals surface area contributed by atoms with E-state index in [0.29, 0.717) is 24.4 Å². The quantitative estimate of drug-likeness (QED) is 0.723. The average Bonchev–Trinajstić information content (AvgIpc) is 2.75. The predicted molar refractivity (Wildman–Crippen MR) is 60.2 cm³/mol. The van der Waals surface area contributed by atoms with Gasteiger partial charge in [-0.1, -0.05) is 12.1 Å². The van der Waals surface area contributed by atoms with Crippen LogP contribution in [0.15, 0.2) is 18.2 Å². The number of hydrogen-bond acceptors (Lipinski definition) is 3. The molecule has 3 N–H and O–H groups in total. The van der Waals surface area contributed by atoms with E-state index >= 15 is 0 Å². The van der Waals surface area contributed by atoms with Crippen LogP contribution in [0.3, 0.4) is 0 Å². The summed E-state index contributed by atoms with van der Waals surface area (Å²) < 4.78 is 0. The van der Waals surface area contributed by atoms with Gasteiger partial charge in [-0.05, 0) is 30.9 Å². The Bertz CT molecular complexity index is 389. The Labute approximate surface area is 89.5 Å². The summed E-state index contributed by atoms with van der Waals surface area (Å²) in [5.74, 6) is 0.412. The van der Waals surface area contributed by atoms with Crippen LogP contribution in [0, 0.1) is 0 Å². The van der Waals surface area contributed by atoms with Gasteiger partial charge in [-0.2, -0.15) is 0 Å². The second kappa shape index (κ2) is 3.14. The second-order valence-corrected chi connectivity index (χ2v) is 4.52. The first-order valence-corrected chi connectivity index (χ1v) is 5.60. The fourth-order valence-corrected chi connectivity index (χ4v) is 3.05. The Morgan fingerprint density at radius 1 is 1.40 bits per heavy atom. The van der Waals surface area contributed by atoms with Crippen molar-refractivity contribution in [2.45, 2.75) is 31.3 Å². The molecule has 0 bridgehead atoms. The van der Waals surface area contributed by atoms with Gasteiger partial charge in [0.25, 0.3) is 0 Å². The summed E-state index contributed by atoms with van der Waals surface area (Å²) in [6, 6.07) is 6.80. The lowest BCUT2D eigenvalue weighted by Gasteiger charge is -2.26. The molecule has 2 aliphatic rings. The third-order valence-electron chi connectivity index (χ3n) is 3.70. The maximum absolute atomic E-state index is 9.91. The van der Waals surface area contributed by atoms with Crippen molar-refractivity contribution in [2.24, 2.45) is 5.73 Å². The summed E-state index contributed by atoms with van der Waals surface area (Å²) in [5, 5.41) is 9.91. The number of rotatable bonds is 1. The fraction of sp³-hybridized carbons (Fsp3) is 0.500. The summed E-state index contributed by atoms with van der Waals surface area (Å²) in [4.78, 5) is 2.34. The van der Waals surface area contributed by atoms with Crippen molar-refractivity contribution in [1.29, 1.82) is 0 Å². The SMILES string of the molecule is NCC1CCC2Cc3cccc(O)c3N12. The molecule has 1 fully saturated rings. The highest BCUT2D eigenvalue weighted by Crippen LogP contribution is 2.45. The van der Waals surface area contributed by atoms with Crippen molar-refractivity contribution in [2.75, 3.05) is 11.4 Å². The molecule has 0 spiro atoms. The lowest BCUT2D eigenvalue weighted by atomic mass is 10.1. The minimum Gasteiger partial charge on any atom is -0.506 e. The van der Waals surface area contributed by atoms with E-state index < -0.39 is 0 Å². The van der Waals surface area contributed by atoms with Crippen molar-refractivity contribution in [3.05, 3.63) is 23.8 Å². The van der Waals surface area contributed by atoms with E-state index in [-0.39, 0.29) is 0 Å². The molecule has 2 aliphatic heterocycles. The molecule has 0 aromatic heterocycles. The van der Waals surface area contributed by atoms with Gasteiger partial charge in [-0.15, -0.1) is 0 Å². The van der Waals surface area contributed by atoms with Crippen LogP contribution in [0.1, 0.15) is 18.4 Å². The first-order valence-electron chi connectivity index (χ1n) is 5.60. The van der Waals surface area contributed by atoms with Gasteiger partial charge in [-0.25, -0.2) is 0 Å². The van der Waals surface area contributed by atoms with Gasteiger partial charge in [0.05, 0.1) is 5.69 Å². The molecule has 0 amide bonds. The van der Waals surface area contributed by atoms with E-state index in [1.165, 1.54) is 12.0 Å². The molecule has 1 saturated heterocycles. The minimum absolute atomic E-state index is 0.412. The minimum atomic E-state index is 0.412. The molecular weight excluding hydrogens is 188 g/mol. The average molecular weight is 204 g/mol.